The molecule has 0 saturated carbocycles. The van der Waals surface area contributed by atoms with Crippen LogP contribution in [0.2, 0.25) is 0 Å². The van der Waals surface area contributed by atoms with E-state index in [0.717, 1.165) is 30.5 Å². The quantitative estimate of drug-likeness (QED) is 0.834. The predicted molar refractivity (Wildman–Crippen MR) is 111 cm³/mol. The van der Waals surface area contributed by atoms with E-state index in [4.69, 9.17) is 0 Å². The van der Waals surface area contributed by atoms with Crippen molar-refractivity contribution < 1.29 is 14.0 Å². The summed E-state index contributed by atoms with van der Waals surface area (Å²) >= 11 is 0. The number of rotatable bonds is 4. The van der Waals surface area contributed by atoms with E-state index in [-0.39, 0.29) is 29.6 Å². The number of nitrogens with zero attached hydrogens (tertiary/aromatic N) is 1. The summed E-state index contributed by atoms with van der Waals surface area (Å²) in [6, 6.07) is 13.8. The molecular formula is C23H26FN3O2. The molecule has 2 aromatic rings. The minimum absolute atomic E-state index is 0.0208. The molecule has 0 aromatic heterocycles. The van der Waals surface area contributed by atoms with E-state index >= 15 is 0 Å². The maximum absolute atomic E-state index is 13.5. The zero-order valence-electron chi connectivity index (χ0n) is 16.4. The van der Waals surface area contributed by atoms with E-state index in [1.165, 1.54) is 12.1 Å². The topological polar surface area (TPSA) is 61.4 Å². The molecule has 152 valence electrons. The van der Waals surface area contributed by atoms with Gasteiger partial charge in [-0.25, -0.2) is 4.39 Å². The second-order valence-electron chi connectivity index (χ2n) is 7.83. The molecule has 5 nitrogen and oxygen atoms in total. The molecule has 2 fully saturated rings. The highest BCUT2D eigenvalue weighted by Gasteiger charge is 2.31. The Morgan fingerprint density at radius 1 is 1.00 bits per heavy atom. The lowest BCUT2D eigenvalue weighted by Gasteiger charge is -2.33. The summed E-state index contributed by atoms with van der Waals surface area (Å²) in [5.41, 5.74) is 2.32. The van der Waals surface area contributed by atoms with Gasteiger partial charge in [-0.15, -0.1) is 0 Å². The number of amides is 2. The number of anilines is 1. The molecule has 2 amide bonds. The van der Waals surface area contributed by atoms with Crippen molar-refractivity contribution in [3.63, 3.8) is 0 Å². The number of piperidine rings is 1. The fourth-order valence-electron chi connectivity index (χ4n) is 4.17. The Bertz CT molecular complexity index is 887. The van der Waals surface area contributed by atoms with E-state index in [1.807, 2.05) is 35.2 Å². The number of hydrogen-bond acceptors (Lipinski definition) is 3. The first-order valence-corrected chi connectivity index (χ1v) is 10.3. The van der Waals surface area contributed by atoms with E-state index < -0.39 is 0 Å². The van der Waals surface area contributed by atoms with Crippen LogP contribution < -0.4 is 10.6 Å². The molecule has 1 atom stereocenters. The van der Waals surface area contributed by atoms with Gasteiger partial charge in [-0.05, 0) is 67.6 Å². The van der Waals surface area contributed by atoms with Crippen LogP contribution in [0.25, 0.3) is 11.1 Å². The average molecular weight is 395 g/mol. The average Bonchev–Trinajstić information content (AvgIpc) is 3.28. The van der Waals surface area contributed by atoms with Gasteiger partial charge < -0.3 is 15.5 Å². The first-order valence-electron chi connectivity index (χ1n) is 10.3. The van der Waals surface area contributed by atoms with E-state index in [0.29, 0.717) is 31.6 Å². The monoisotopic (exact) mass is 395 g/mol. The molecule has 0 spiro atoms. The molecule has 0 aliphatic carbocycles. The first-order chi connectivity index (χ1) is 14.1. The second-order valence-corrected chi connectivity index (χ2v) is 7.83. The third-order valence-electron chi connectivity index (χ3n) is 5.82. The van der Waals surface area contributed by atoms with Crippen LogP contribution >= 0.6 is 0 Å². The van der Waals surface area contributed by atoms with Crippen molar-refractivity contribution in [3.05, 3.63) is 54.3 Å². The Kier molecular flexibility index (Phi) is 5.90. The van der Waals surface area contributed by atoms with E-state index in [9.17, 15) is 14.0 Å². The van der Waals surface area contributed by atoms with Crippen molar-refractivity contribution >= 4 is 17.5 Å². The number of carbonyl (C=O) groups excluding carboxylic acids is 2. The Morgan fingerprint density at radius 3 is 2.41 bits per heavy atom. The predicted octanol–water partition coefficient (Wildman–Crippen LogP) is 3.42. The summed E-state index contributed by atoms with van der Waals surface area (Å²) in [6.45, 7) is 2.15. The number of hydrogen-bond donors (Lipinski definition) is 2. The number of carbonyl (C=O) groups is 2. The summed E-state index contributed by atoms with van der Waals surface area (Å²) in [7, 11) is 0. The zero-order chi connectivity index (χ0) is 20.2. The minimum atomic E-state index is -0.286. The fraction of sp³-hybridized carbons (Fsp3) is 0.391. The highest BCUT2D eigenvalue weighted by atomic mass is 19.1. The summed E-state index contributed by atoms with van der Waals surface area (Å²) in [4.78, 5) is 27.1. The Labute approximate surface area is 170 Å². The Morgan fingerprint density at radius 2 is 1.72 bits per heavy atom. The van der Waals surface area contributed by atoms with Gasteiger partial charge in [-0.3, -0.25) is 9.59 Å². The molecule has 2 aliphatic heterocycles. The molecule has 2 aliphatic rings. The van der Waals surface area contributed by atoms with E-state index in [1.54, 1.807) is 6.07 Å². The van der Waals surface area contributed by atoms with Crippen molar-refractivity contribution in [2.75, 3.05) is 25.0 Å². The van der Waals surface area contributed by atoms with Crippen LogP contribution in [0.15, 0.2) is 48.5 Å². The first kappa shape index (κ1) is 19.6. The van der Waals surface area contributed by atoms with Gasteiger partial charge in [0.15, 0.2) is 0 Å². The molecule has 29 heavy (non-hydrogen) atoms. The molecule has 0 unspecified atom stereocenters. The third kappa shape index (κ3) is 4.65. The molecule has 2 N–H and O–H groups in total. The van der Waals surface area contributed by atoms with Crippen LogP contribution in [0.1, 0.15) is 25.7 Å². The standard InChI is InChI=1S/C23H26FN3O2/c24-19-6-1-4-17(14-19)18-5-2-7-20(15-18)26-22(28)16-9-12-27(13-10-16)23(29)21-8-3-11-25-21/h1-2,4-7,14-16,21,25H,3,8-13H2,(H,26,28)/t21-/m1/s1. The summed E-state index contributed by atoms with van der Waals surface area (Å²) in [6.07, 6.45) is 3.30. The van der Waals surface area contributed by atoms with Crippen LogP contribution in [0.4, 0.5) is 10.1 Å². The lowest BCUT2D eigenvalue weighted by Crippen LogP contribution is -2.48. The van der Waals surface area contributed by atoms with Gasteiger partial charge in [0, 0.05) is 24.7 Å². The summed E-state index contributed by atoms with van der Waals surface area (Å²) in [5, 5.41) is 6.24. The highest BCUT2D eigenvalue weighted by molar-refractivity contribution is 5.93. The molecular weight excluding hydrogens is 369 g/mol. The number of likely N-dealkylation sites (tertiary alicyclic amines) is 1. The molecule has 0 radical (unpaired) electrons. The van der Waals surface area contributed by atoms with Crippen molar-refractivity contribution in [2.45, 2.75) is 31.7 Å². The molecule has 4 rings (SSSR count). The van der Waals surface area contributed by atoms with Crippen LogP contribution in [-0.2, 0) is 9.59 Å². The van der Waals surface area contributed by atoms with Crippen molar-refractivity contribution in [1.82, 2.24) is 10.2 Å². The van der Waals surface area contributed by atoms with Gasteiger partial charge in [-0.2, -0.15) is 0 Å². The third-order valence-corrected chi connectivity index (χ3v) is 5.82. The van der Waals surface area contributed by atoms with Crippen LogP contribution in [0, 0.1) is 11.7 Å². The highest BCUT2D eigenvalue weighted by Crippen LogP contribution is 2.25. The summed E-state index contributed by atoms with van der Waals surface area (Å²) in [5.74, 6) is -0.240. The number of nitrogens with one attached hydrogen (secondary N) is 2. The fourth-order valence-corrected chi connectivity index (χ4v) is 4.17. The van der Waals surface area contributed by atoms with Crippen LogP contribution in [0.3, 0.4) is 0 Å². The number of benzene rings is 2. The molecule has 2 saturated heterocycles. The Balaban J connectivity index is 1.34. The van der Waals surface area contributed by atoms with Gasteiger partial charge in [0.2, 0.25) is 11.8 Å². The van der Waals surface area contributed by atoms with Gasteiger partial charge >= 0.3 is 0 Å². The van der Waals surface area contributed by atoms with Crippen LogP contribution in [-0.4, -0.2) is 42.4 Å². The zero-order valence-corrected chi connectivity index (χ0v) is 16.4. The van der Waals surface area contributed by atoms with Gasteiger partial charge in [0.25, 0.3) is 0 Å². The van der Waals surface area contributed by atoms with Gasteiger partial charge in [-0.1, -0.05) is 24.3 Å². The lowest BCUT2D eigenvalue weighted by atomic mass is 9.95. The van der Waals surface area contributed by atoms with Crippen molar-refractivity contribution in [2.24, 2.45) is 5.92 Å². The molecule has 0 bridgehead atoms. The SMILES string of the molecule is O=C(Nc1cccc(-c2cccc(F)c2)c1)C1CCN(C(=O)[C@H]2CCCN2)CC1. The van der Waals surface area contributed by atoms with Gasteiger partial charge in [0.1, 0.15) is 5.82 Å². The molecule has 6 heteroatoms. The largest absolute Gasteiger partial charge is 0.341 e. The second kappa shape index (κ2) is 8.74. The Hall–Kier alpha value is -2.73. The van der Waals surface area contributed by atoms with Gasteiger partial charge in [0.05, 0.1) is 6.04 Å². The van der Waals surface area contributed by atoms with Crippen molar-refractivity contribution in [1.29, 1.82) is 0 Å². The maximum Gasteiger partial charge on any atom is 0.239 e. The minimum Gasteiger partial charge on any atom is -0.341 e. The maximum atomic E-state index is 13.5. The lowest BCUT2D eigenvalue weighted by molar-refractivity contribution is -0.136. The number of halogens is 1. The normalized spacial score (nSPS) is 19.9. The van der Waals surface area contributed by atoms with Crippen molar-refractivity contribution in [3.8, 4) is 11.1 Å². The molecule has 2 aromatic carbocycles. The summed E-state index contributed by atoms with van der Waals surface area (Å²) < 4.78 is 13.5. The van der Waals surface area contributed by atoms with Crippen LogP contribution in [0.5, 0.6) is 0 Å². The molecule has 2 heterocycles. The smallest absolute Gasteiger partial charge is 0.239 e. The van der Waals surface area contributed by atoms with E-state index in [2.05, 4.69) is 10.6 Å².